The van der Waals surface area contributed by atoms with E-state index in [1.807, 2.05) is 70.1 Å². The van der Waals surface area contributed by atoms with Crippen LogP contribution in [-0.4, -0.2) is 67.0 Å². The fourth-order valence-electron chi connectivity index (χ4n) is 4.18. The zero-order valence-corrected chi connectivity index (χ0v) is 21.3. The van der Waals surface area contributed by atoms with Crippen molar-refractivity contribution in [2.24, 2.45) is 0 Å². The van der Waals surface area contributed by atoms with Gasteiger partial charge in [-0.2, -0.15) is 0 Å². The van der Waals surface area contributed by atoms with Crippen molar-refractivity contribution in [3.05, 3.63) is 64.7 Å². The van der Waals surface area contributed by atoms with Crippen LogP contribution in [0.15, 0.2) is 48.0 Å². The van der Waals surface area contributed by atoms with E-state index < -0.39 is 17.7 Å². The van der Waals surface area contributed by atoms with Crippen molar-refractivity contribution in [3.8, 4) is 11.5 Å². The number of aliphatic hydroxyl groups is 1. The lowest BCUT2D eigenvalue weighted by molar-refractivity contribution is -0.139. The van der Waals surface area contributed by atoms with E-state index in [1.54, 1.807) is 17.0 Å². The number of aryl methyl sites for hydroxylation is 1. The van der Waals surface area contributed by atoms with E-state index in [4.69, 9.17) is 9.47 Å². The molecule has 1 heterocycles. The third-order valence-electron chi connectivity index (χ3n) is 5.91. The van der Waals surface area contributed by atoms with E-state index >= 15 is 0 Å². The number of hydrogen-bond acceptors (Lipinski definition) is 6. The highest BCUT2D eigenvalue weighted by Crippen LogP contribution is 2.42. The zero-order chi connectivity index (χ0) is 25.5. The van der Waals surface area contributed by atoms with Gasteiger partial charge in [-0.05, 0) is 65.0 Å². The number of hydrogen-bond donors (Lipinski definition) is 1. The Morgan fingerprint density at radius 2 is 1.74 bits per heavy atom. The topological polar surface area (TPSA) is 79.3 Å². The van der Waals surface area contributed by atoms with E-state index in [9.17, 15) is 14.7 Å². The summed E-state index contributed by atoms with van der Waals surface area (Å²) in [6, 6.07) is 12.0. The molecule has 0 spiro atoms. The van der Waals surface area contributed by atoms with Crippen molar-refractivity contribution in [1.29, 1.82) is 0 Å². The van der Waals surface area contributed by atoms with Gasteiger partial charge in [0.05, 0.1) is 24.8 Å². The molecular weight excluding hydrogens is 444 g/mol. The van der Waals surface area contributed by atoms with Crippen LogP contribution in [0.25, 0.3) is 5.76 Å². The third kappa shape index (κ3) is 6.03. The molecule has 2 aromatic carbocycles. The van der Waals surface area contributed by atoms with Crippen LogP contribution < -0.4 is 9.47 Å². The Morgan fingerprint density at radius 1 is 1.03 bits per heavy atom. The number of benzene rings is 2. The molecule has 1 amide bonds. The van der Waals surface area contributed by atoms with E-state index in [-0.39, 0.29) is 11.3 Å². The van der Waals surface area contributed by atoms with Gasteiger partial charge in [-0.1, -0.05) is 42.8 Å². The SMILES string of the molecule is CCCOc1ccc(C2/C(=C(\O)c3ccc(C)cc3)C(=O)C(=O)N2CCCN(C)C)cc1OCC. The van der Waals surface area contributed by atoms with Gasteiger partial charge < -0.3 is 24.4 Å². The standard InChI is InChI=1S/C28H36N2O5/c1-6-17-35-22-14-13-21(18-23(22)34-7-2)25-24(26(31)20-11-9-19(3)10-12-20)27(32)28(33)30(25)16-8-15-29(4)5/h9-14,18,25,31H,6-8,15-17H2,1-5H3/b26-24+. The van der Waals surface area contributed by atoms with Crippen LogP contribution in [0.5, 0.6) is 11.5 Å². The Morgan fingerprint density at radius 3 is 2.37 bits per heavy atom. The maximum absolute atomic E-state index is 13.2. The van der Waals surface area contributed by atoms with E-state index in [2.05, 4.69) is 0 Å². The summed E-state index contributed by atoms with van der Waals surface area (Å²) in [5.74, 6) is -0.296. The van der Waals surface area contributed by atoms with Crippen LogP contribution in [-0.2, 0) is 9.59 Å². The molecule has 1 N–H and O–H groups in total. The van der Waals surface area contributed by atoms with Crippen molar-refractivity contribution in [2.75, 3.05) is 40.4 Å². The number of amides is 1. The molecule has 188 valence electrons. The van der Waals surface area contributed by atoms with Gasteiger partial charge in [-0.25, -0.2) is 0 Å². The predicted molar refractivity (Wildman–Crippen MR) is 137 cm³/mol. The van der Waals surface area contributed by atoms with Crippen molar-refractivity contribution < 1.29 is 24.2 Å². The molecule has 1 fully saturated rings. The second-order valence-corrected chi connectivity index (χ2v) is 9.00. The summed E-state index contributed by atoms with van der Waals surface area (Å²) in [6.07, 6.45) is 1.55. The minimum Gasteiger partial charge on any atom is -0.507 e. The molecule has 2 aromatic rings. The number of Topliss-reactive ketones (excluding diaryl/α,β-unsaturated/α-hetero) is 1. The van der Waals surface area contributed by atoms with Gasteiger partial charge in [0.25, 0.3) is 11.7 Å². The first kappa shape index (κ1) is 26.3. The van der Waals surface area contributed by atoms with Gasteiger partial charge in [-0.3, -0.25) is 9.59 Å². The lowest BCUT2D eigenvalue weighted by Crippen LogP contribution is -2.32. The van der Waals surface area contributed by atoms with Crippen molar-refractivity contribution >= 4 is 17.4 Å². The summed E-state index contributed by atoms with van der Waals surface area (Å²) >= 11 is 0. The molecule has 1 aliphatic heterocycles. The van der Waals surface area contributed by atoms with Crippen molar-refractivity contribution in [3.63, 3.8) is 0 Å². The quantitative estimate of drug-likeness (QED) is 0.289. The summed E-state index contributed by atoms with van der Waals surface area (Å²) in [6.45, 7) is 8.01. The summed E-state index contributed by atoms with van der Waals surface area (Å²) in [4.78, 5) is 30.0. The minimum atomic E-state index is -0.724. The molecular formula is C28H36N2O5. The largest absolute Gasteiger partial charge is 0.507 e. The van der Waals surface area contributed by atoms with Gasteiger partial charge in [-0.15, -0.1) is 0 Å². The highest BCUT2D eigenvalue weighted by molar-refractivity contribution is 6.46. The average Bonchev–Trinajstić information content (AvgIpc) is 3.08. The number of ketones is 1. The summed E-state index contributed by atoms with van der Waals surface area (Å²) in [7, 11) is 3.93. The predicted octanol–water partition coefficient (Wildman–Crippen LogP) is 4.56. The molecule has 1 aliphatic rings. The monoisotopic (exact) mass is 480 g/mol. The number of likely N-dealkylation sites (tertiary alicyclic amines) is 1. The maximum atomic E-state index is 13.2. The lowest BCUT2D eigenvalue weighted by Gasteiger charge is -2.26. The zero-order valence-electron chi connectivity index (χ0n) is 21.3. The highest BCUT2D eigenvalue weighted by atomic mass is 16.5. The molecule has 1 unspecified atom stereocenters. The summed E-state index contributed by atoms with van der Waals surface area (Å²) < 4.78 is 11.7. The third-order valence-corrected chi connectivity index (χ3v) is 5.91. The molecule has 3 rings (SSSR count). The first-order valence-corrected chi connectivity index (χ1v) is 12.2. The molecule has 0 saturated carbocycles. The van der Waals surface area contributed by atoms with E-state index in [0.29, 0.717) is 48.8 Å². The molecule has 0 aliphatic carbocycles. The molecule has 0 aromatic heterocycles. The number of carbonyl (C=O) groups is 2. The Balaban J connectivity index is 2.12. The highest BCUT2D eigenvalue weighted by Gasteiger charge is 2.46. The molecule has 0 bridgehead atoms. The average molecular weight is 481 g/mol. The van der Waals surface area contributed by atoms with E-state index in [0.717, 1.165) is 18.5 Å². The van der Waals surface area contributed by atoms with Crippen LogP contribution >= 0.6 is 0 Å². The fraction of sp³-hybridized carbons (Fsp3) is 0.429. The molecule has 35 heavy (non-hydrogen) atoms. The molecule has 7 heteroatoms. The van der Waals surface area contributed by atoms with Gasteiger partial charge in [0, 0.05) is 12.1 Å². The second kappa shape index (κ2) is 11.9. The maximum Gasteiger partial charge on any atom is 0.295 e. The summed E-state index contributed by atoms with van der Waals surface area (Å²) in [5.41, 5.74) is 2.31. The first-order chi connectivity index (χ1) is 16.8. The number of carbonyl (C=O) groups excluding carboxylic acids is 2. The number of rotatable bonds is 11. The molecule has 0 radical (unpaired) electrons. The van der Waals surface area contributed by atoms with Crippen LogP contribution in [0.3, 0.4) is 0 Å². The van der Waals surface area contributed by atoms with Gasteiger partial charge in [0.2, 0.25) is 0 Å². The van der Waals surface area contributed by atoms with Crippen LogP contribution in [0, 0.1) is 6.92 Å². The number of ether oxygens (including phenoxy) is 2. The van der Waals surface area contributed by atoms with Gasteiger partial charge >= 0.3 is 0 Å². The van der Waals surface area contributed by atoms with Crippen LogP contribution in [0.1, 0.15) is 49.4 Å². The Kier molecular flexibility index (Phi) is 8.93. The first-order valence-electron chi connectivity index (χ1n) is 12.2. The van der Waals surface area contributed by atoms with Crippen LogP contribution in [0.2, 0.25) is 0 Å². The Bertz CT molecular complexity index is 1080. The number of nitrogens with zero attached hydrogens (tertiary/aromatic N) is 2. The van der Waals surface area contributed by atoms with Crippen LogP contribution in [0.4, 0.5) is 0 Å². The number of aliphatic hydroxyl groups excluding tert-OH is 1. The molecule has 1 saturated heterocycles. The Hall–Kier alpha value is -3.32. The smallest absolute Gasteiger partial charge is 0.295 e. The summed E-state index contributed by atoms with van der Waals surface area (Å²) in [5, 5.41) is 11.2. The van der Waals surface area contributed by atoms with E-state index in [1.165, 1.54) is 0 Å². The van der Waals surface area contributed by atoms with Gasteiger partial charge in [0.15, 0.2) is 11.5 Å². The molecule has 1 atom stereocenters. The van der Waals surface area contributed by atoms with Crippen molar-refractivity contribution in [2.45, 2.75) is 39.7 Å². The minimum absolute atomic E-state index is 0.0911. The normalized spacial score (nSPS) is 17.3. The second-order valence-electron chi connectivity index (χ2n) is 9.00. The lowest BCUT2D eigenvalue weighted by atomic mass is 9.94. The molecule has 7 nitrogen and oxygen atoms in total. The fourth-order valence-corrected chi connectivity index (χ4v) is 4.18. The van der Waals surface area contributed by atoms with Gasteiger partial charge in [0.1, 0.15) is 5.76 Å². The van der Waals surface area contributed by atoms with Crippen molar-refractivity contribution in [1.82, 2.24) is 9.80 Å². The Labute approximate surface area is 207 Å².